The second-order valence-electron chi connectivity index (χ2n) is 5.70. The number of carbonyl (C=O) groups is 1. The lowest BCUT2D eigenvalue weighted by Gasteiger charge is -2.22. The fourth-order valence-electron chi connectivity index (χ4n) is 2.68. The maximum atomic E-state index is 11.1. The summed E-state index contributed by atoms with van der Waals surface area (Å²) < 4.78 is 5.87. The second-order valence-corrected chi connectivity index (χ2v) is 5.70. The second kappa shape index (κ2) is 5.64. The Hall–Kier alpha value is -1.51. The van der Waals surface area contributed by atoms with Gasteiger partial charge in [-0.3, -0.25) is 4.79 Å². The van der Waals surface area contributed by atoms with Crippen LogP contribution in [0, 0.1) is 12.8 Å². The van der Waals surface area contributed by atoms with Crippen molar-refractivity contribution in [2.45, 2.75) is 52.1 Å². The van der Waals surface area contributed by atoms with Gasteiger partial charge in [0.2, 0.25) is 0 Å². The molecule has 104 valence electrons. The number of ether oxygens (including phenoxy) is 1. The molecule has 1 aliphatic rings. The van der Waals surface area contributed by atoms with Gasteiger partial charge in [-0.05, 0) is 51.2 Å². The van der Waals surface area contributed by atoms with Crippen LogP contribution < -0.4 is 4.74 Å². The first-order valence-corrected chi connectivity index (χ1v) is 6.97. The van der Waals surface area contributed by atoms with Gasteiger partial charge in [0.25, 0.3) is 0 Å². The Kier molecular flexibility index (Phi) is 4.13. The van der Waals surface area contributed by atoms with Gasteiger partial charge in [0, 0.05) is 11.5 Å². The third-order valence-electron chi connectivity index (χ3n) is 3.60. The summed E-state index contributed by atoms with van der Waals surface area (Å²) >= 11 is 0. The molecule has 1 aliphatic carbocycles. The third-order valence-corrected chi connectivity index (χ3v) is 3.60. The molecular formula is C16H22O3. The van der Waals surface area contributed by atoms with Crippen molar-refractivity contribution in [3.8, 4) is 5.75 Å². The Morgan fingerprint density at radius 3 is 2.63 bits per heavy atom. The van der Waals surface area contributed by atoms with Gasteiger partial charge in [-0.1, -0.05) is 12.1 Å². The summed E-state index contributed by atoms with van der Waals surface area (Å²) in [4.78, 5) is 11.1. The Bertz CT molecular complexity index is 461. The highest BCUT2D eigenvalue weighted by Crippen LogP contribution is 2.48. The molecule has 1 atom stereocenters. The molecule has 3 heteroatoms. The average Bonchev–Trinajstić information content (AvgIpc) is 3.09. The number of aliphatic carboxylic acids is 1. The number of hydrogen-bond donors (Lipinski definition) is 1. The molecule has 1 unspecified atom stereocenters. The predicted octanol–water partition coefficient (Wildman–Crippen LogP) is 3.75. The topological polar surface area (TPSA) is 46.5 Å². The standard InChI is InChI=1S/C16H22O3/c1-10(2)19-14-6-4-5-11(3)16(14)13(9-15(17)18)12-7-8-12/h4-6,10,12-13H,7-9H2,1-3H3,(H,17,18). The van der Waals surface area contributed by atoms with E-state index in [9.17, 15) is 4.79 Å². The van der Waals surface area contributed by atoms with Gasteiger partial charge in [-0.25, -0.2) is 0 Å². The smallest absolute Gasteiger partial charge is 0.303 e. The van der Waals surface area contributed by atoms with Crippen molar-refractivity contribution >= 4 is 5.97 Å². The Morgan fingerprint density at radius 1 is 1.42 bits per heavy atom. The molecular weight excluding hydrogens is 240 g/mol. The van der Waals surface area contributed by atoms with Crippen LogP contribution in [-0.4, -0.2) is 17.2 Å². The fraction of sp³-hybridized carbons (Fsp3) is 0.562. The van der Waals surface area contributed by atoms with Crippen LogP contribution in [0.15, 0.2) is 18.2 Å². The van der Waals surface area contributed by atoms with Crippen molar-refractivity contribution in [1.29, 1.82) is 0 Å². The number of carboxylic acids is 1. The number of aryl methyl sites for hydroxylation is 1. The van der Waals surface area contributed by atoms with E-state index in [1.165, 1.54) is 0 Å². The normalized spacial score (nSPS) is 16.4. The highest BCUT2D eigenvalue weighted by molar-refractivity contribution is 5.68. The number of hydrogen-bond acceptors (Lipinski definition) is 2. The van der Waals surface area contributed by atoms with E-state index in [1.807, 2.05) is 39.0 Å². The van der Waals surface area contributed by atoms with E-state index in [4.69, 9.17) is 9.84 Å². The van der Waals surface area contributed by atoms with E-state index in [1.54, 1.807) is 0 Å². The molecule has 0 aromatic heterocycles. The van der Waals surface area contributed by atoms with Crippen molar-refractivity contribution in [1.82, 2.24) is 0 Å². The minimum absolute atomic E-state index is 0.0902. The maximum absolute atomic E-state index is 11.1. The van der Waals surface area contributed by atoms with Gasteiger partial charge in [-0.2, -0.15) is 0 Å². The minimum Gasteiger partial charge on any atom is -0.491 e. The molecule has 1 saturated carbocycles. The summed E-state index contributed by atoms with van der Waals surface area (Å²) in [7, 11) is 0. The van der Waals surface area contributed by atoms with Gasteiger partial charge in [0.05, 0.1) is 12.5 Å². The van der Waals surface area contributed by atoms with E-state index >= 15 is 0 Å². The summed E-state index contributed by atoms with van der Waals surface area (Å²) in [5.74, 6) is 0.725. The van der Waals surface area contributed by atoms with Crippen LogP contribution in [0.3, 0.4) is 0 Å². The van der Waals surface area contributed by atoms with E-state index in [0.717, 1.165) is 29.7 Å². The fourth-order valence-corrected chi connectivity index (χ4v) is 2.68. The third kappa shape index (κ3) is 3.49. The Balaban J connectivity index is 2.36. The molecule has 1 aromatic rings. The lowest BCUT2D eigenvalue weighted by molar-refractivity contribution is -0.137. The van der Waals surface area contributed by atoms with Crippen LogP contribution >= 0.6 is 0 Å². The van der Waals surface area contributed by atoms with Crippen LogP contribution in [0.5, 0.6) is 5.75 Å². The van der Waals surface area contributed by atoms with Crippen LogP contribution in [-0.2, 0) is 4.79 Å². The van der Waals surface area contributed by atoms with E-state index in [2.05, 4.69) is 0 Å². The van der Waals surface area contributed by atoms with Gasteiger partial charge in [0.15, 0.2) is 0 Å². The van der Waals surface area contributed by atoms with E-state index < -0.39 is 5.97 Å². The van der Waals surface area contributed by atoms with Gasteiger partial charge < -0.3 is 9.84 Å². The molecule has 19 heavy (non-hydrogen) atoms. The van der Waals surface area contributed by atoms with Crippen molar-refractivity contribution in [3.63, 3.8) is 0 Å². The van der Waals surface area contributed by atoms with Gasteiger partial charge >= 0.3 is 5.97 Å². The first-order valence-electron chi connectivity index (χ1n) is 6.97. The zero-order valence-corrected chi connectivity index (χ0v) is 11.8. The summed E-state index contributed by atoms with van der Waals surface area (Å²) in [5, 5.41) is 9.14. The maximum Gasteiger partial charge on any atom is 0.303 e. The van der Waals surface area contributed by atoms with Crippen molar-refractivity contribution in [3.05, 3.63) is 29.3 Å². The van der Waals surface area contributed by atoms with Crippen molar-refractivity contribution in [2.24, 2.45) is 5.92 Å². The first kappa shape index (κ1) is 13.9. The molecule has 3 nitrogen and oxygen atoms in total. The van der Waals surface area contributed by atoms with E-state index in [0.29, 0.717) is 5.92 Å². The Labute approximate surface area is 114 Å². The summed E-state index contributed by atoms with van der Waals surface area (Å²) in [5.41, 5.74) is 2.23. The molecule has 0 radical (unpaired) electrons. The van der Waals surface area contributed by atoms with Crippen LogP contribution in [0.2, 0.25) is 0 Å². The van der Waals surface area contributed by atoms with Gasteiger partial charge in [0.1, 0.15) is 5.75 Å². The molecule has 0 saturated heterocycles. The predicted molar refractivity (Wildman–Crippen MR) is 74.7 cm³/mol. The molecule has 0 bridgehead atoms. The number of rotatable bonds is 6. The van der Waals surface area contributed by atoms with Crippen molar-refractivity contribution < 1.29 is 14.6 Å². The average molecular weight is 262 g/mol. The number of carboxylic acid groups (broad SMARTS) is 1. The Morgan fingerprint density at radius 2 is 2.11 bits per heavy atom. The van der Waals surface area contributed by atoms with Crippen LogP contribution in [0.1, 0.15) is 50.2 Å². The summed E-state index contributed by atoms with van der Waals surface area (Å²) in [6.45, 7) is 6.03. The van der Waals surface area contributed by atoms with Gasteiger partial charge in [-0.15, -0.1) is 0 Å². The lowest BCUT2D eigenvalue weighted by atomic mass is 9.87. The molecule has 1 fully saturated rings. The zero-order valence-electron chi connectivity index (χ0n) is 11.8. The quantitative estimate of drug-likeness (QED) is 0.849. The SMILES string of the molecule is Cc1cccc(OC(C)C)c1C(CC(=O)O)C1CC1. The molecule has 0 spiro atoms. The minimum atomic E-state index is -0.726. The summed E-state index contributed by atoms with van der Waals surface area (Å²) in [6.07, 6.45) is 2.57. The molecule has 1 N–H and O–H groups in total. The molecule has 0 amide bonds. The first-order chi connectivity index (χ1) is 8.99. The monoisotopic (exact) mass is 262 g/mol. The lowest BCUT2D eigenvalue weighted by Crippen LogP contribution is -2.14. The molecule has 0 aliphatic heterocycles. The summed E-state index contributed by atoms with van der Waals surface area (Å²) in [6, 6.07) is 5.97. The molecule has 2 rings (SSSR count). The largest absolute Gasteiger partial charge is 0.491 e. The van der Waals surface area contributed by atoms with Crippen molar-refractivity contribution in [2.75, 3.05) is 0 Å². The number of benzene rings is 1. The molecule has 0 heterocycles. The van der Waals surface area contributed by atoms with Crippen LogP contribution in [0.4, 0.5) is 0 Å². The zero-order chi connectivity index (χ0) is 14.0. The van der Waals surface area contributed by atoms with Crippen LogP contribution in [0.25, 0.3) is 0 Å². The van der Waals surface area contributed by atoms with E-state index in [-0.39, 0.29) is 18.4 Å². The highest BCUT2D eigenvalue weighted by Gasteiger charge is 2.36. The molecule has 1 aromatic carbocycles. The highest BCUT2D eigenvalue weighted by atomic mass is 16.5.